The number of carbonyl (C=O) groups is 2. The molecule has 1 saturated heterocycles. The van der Waals surface area contributed by atoms with Gasteiger partial charge >= 0.3 is 0 Å². The van der Waals surface area contributed by atoms with Crippen LogP contribution in [0.25, 0.3) is 6.08 Å². The molecule has 2 aromatic carbocycles. The summed E-state index contributed by atoms with van der Waals surface area (Å²) in [5, 5.41) is 2.70. The Bertz CT molecular complexity index is 754. The monoisotopic (exact) mass is 336 g/mol. The molecular formula is C20H20N2O3. The van der Waals surface area contributed by atoms with E-state index in [2.05, 4.69) is 5.32 Å². The summed E-state index contributed by atoms with van der Waals surface area (Å²) < 4.78 is 5.74. The molecule has 5 nitrogen and oxygen atoms in total. The molecule has 0 bridgehead atoms. The molecule has 0 unspecified atom stereocenters. The predicted octanol–water partition coefficient (Wildman–Crippen LogP) is 2.24. The van der Waals surface area contributed by atoms with Crippen LogP contribution < -0.4 is 10.1 Å². The van der Waals surface area contributed by atoms with Gasteiger partial charge in [0.05, 0.1) is 6.54 Å². The zero-order valence-electron chi connectivity index (χ0n) is 13.9. The number of hydrogen-bond donors (Lipinski definition) is 1. The van der Waals surface area contributed by atoms with Gasteiger partial charge in [-0.25, -0.2) is 0 Å². The van der Waals surface area contributed by atoms with Crippen molar-refractivity contribution in [3.63, 3.8) is 0 Å². The number of rotatable bonds is 5. The van der Waals surface area contributed by atoms with Crippen molar-refractivity contribution in [2.45, 2.75) is 6.61 Å². The van der Waals surface area contributed by atoms with Crippen molar-refractivity contribution >= 4 is 17.9 Å². The molecule has 1 heterocycles. The van der Waals surface area contributed by atoms with Crippen molar-refractivity contribution in [2.75, 3.05) is 19.6 Å². The Morgan fingerprint density at radius 2 is 1.88 bits per heavy atom. The van der Waals surface area contributed by atoms with Crippen molar-refractivity contribution in [1.82, 2.24) is 10.2 Å². The van der Waals surface area contributed by atoms with Crippen molar-refractivity contribution in [1.29, 1.82) is 0 Å². The Morgan fingerprint density at radius 1 is 1.12 bits per heavy atom. The number of ether oxygens (including phenoxy) is 1. The van der Waals surface area contributed by atoms with Crippen LogP contribution in [0.4, 0.5) is 0 Å². The van der Waals surface area contributed by atoms with Gasteiger partial charge in [-0.3, -0.25) is 9.59 Å². The minimum Gasteiger partial charge on any atom is -0.489 e. The second-order valence-corrected chi connectivity index (χ2v) is 5.79. The molecule has 2 aromatic rings. The Morgan fingerprint density at radius 3 is 2.60 bits per heavy atom. The fourth-order valence-corrected chi connectivity index (χ4v) is 2.52. The topological polar surface area (TPSA) is 58.6 Å². The van der Waals surface area contributed by atoms with Gasteiger partial charge in [0.15, 0.2) is 0 Å². The highest BCUT2D eigenvalue weighted by Crippen LogP contribution is 2.15. The standard InChI is InChI=1S/C20H20N2O3/c23-19-14-22(13-12-21-19)20(24)11-8-16-6-9-18(10-7-16)25-15-17-4-2-1-3-5-17/h1-11H,12-15H2,(H,21,23). The molecule has 5 heteroatoms. The molecule has 3 rings (SSSR count). The average molecular weight is 336 g/mol. The van der Waals surface area contributed by atoms with Crippen LogP contribution in [0.3, 0.4) is 0 Å². The van der Waals surface area contributed by atoms with Gasteiger partial charge in [-0.1, -0.05) is 42.5 Å². The summed E-state index contributed by atoms with van der Waals surface area (Å²) in [5.74, 6) is 0.507. The van der Waals surface area contributed by atoms with Crippen molar-refractivity contribution in [3.8, 4) is 5.75 Å². The van der Waals surface area contributed by atoms with Crippen LogP contribution in [0.1, 0.15) is 11.1 Å². The molecule has 128 valence electrons. The maximum absolute atomic E-state index is 12.1. The number of nitrogens with zero attached hydrogens (tertiary/aromatic N) is 1. The quantitative estimate of drug-likeness (QED) is 0.852. The molecule has 0 radical (unpaired) electrons. The molecule has 0 spiro atoms. The van der Waals surface area contributed by atoms with Crippen LogP contribution in [0, 0.1) is 0 Å². The third-order valence-corrected chi connectivity index (χ3v) is 3.90. The minimum absolute atomic E-state index is 0.118. The van der Waals surface area contributed by atoms with Gasteiger partial charge in [-0.15, -0.1) is 0 Å². The van der Waals surface area contributed by atoms with Gasteiger partial charge in [-0.2, -0.15) is 0 Å². The Kier molecular flexibility index (Phi) is 5.46. The summed E-state index contributed by atoms with van der Waals surface area (Å²) in [6.07, 6.45) is 3.24. The number of nitrogens with one attached hydrogen (secondary N) is 1. The van der Waals surface area contributed by atoms with Crippen molar-refractivity contribution in [3.05, 3.63) is 71.8 Å². The first-order valence-corrected chi connectivity index (χ1v) is 8.21. The molecule has 0 saturated carbocycles. The van der Waals surface area contributed by atoms with Crippen molar-refractivity contribution in [2.24, 2.45) is 0 Å². The van der Waals surface area contributed by atoms with E-state index in [1.54, 1.807) is 6.08 Å². The summed E-state index contributed by atoms with van der Waals surface area (Å²) in [5.41, 5.74) is 2.02. The second kappa shape index (κ2) is 8.15. The molecule has 0 atom stereocenters. The number of benzene rings is 2. The molecule has 2 amide bonds. The molecule has 1 aliphatic rings. The van der Waals surface area contributed by atoms with Gasteiger partial charge in [0.2, 0.25) is 11.8 Å². The van der Waals surface area contributed by atoms with E-state index < -0.39 is 0 Å². The van der Waals surface area contributed by atoms with Crippen LogP contribution in [-0.4, -0.2) is 36.3 Å². The van der Waals surface area contributed by atoms with Gasteiger partial charge in [0.1, 0.15) is 12.4 Å². The number of piperazine rings is 1. The predicted molar refractivity (Wildman–Crippen MR) is 95.8 cm³/mol. The van der Waals surface area contributed by atoms with E-state index in [0.717, 1.165) is 16.9 Å². The third-order valence-electron chi connectivity index (χ3n) is 3.90. The van der Waals surface area contributed by atoms with Crippen LogP contribution in [0.5, 0.6) is 5.75 Å². The zero-order chi connectivity index (χ0) is 17.5. The van der Waals surface area contributed by atoms with E-state index in [1.807, 2.05) is 54.6 Å². The first-order chi connectivity index (χ1) is 12.2. The van der Waals surface area contributed by atoms with Gasteiger partial charge in [-0.05, 0) is 29.3 Å². The lowest BCUT2D eigenvalue weighted by Gasteiger charge is -2.25. The highest BCUT2D eigenvalue weighted by molar-refractivity contribution is 5.94. The van der Waals surface area contributed by atoms with Gasteiger partial charge < -0.3 is 15.0 Å². The van der Waals surface area contributed by atoms with Crippen LogP contribution in [0.2, 0.25) is 0 Å². The molecular weight excluding hydrogens is 316 g/mol. The Labute approximate surface area is 146 Å². The maximum Gasteiger partial charge on any atom is 0.247 e. The molecule has 1 N–H and O–H groups in total. The SMILES string of the molecule is O=C1CN(C(=O)C=Cc2ccc(OCc3ccccc3)cc2)CCN1. The maximum atomic E-state index is 12.1. The summed E-state index contributed by atoms with van der Waals surface area (Å²) in [6, 6.07) is 17.5. The first kappa shape index (κ1) is 16.8. The van der Waals surface area contributed by atoms with Crippen LogP contribution in [-0.2, 0) is 16.2 Å². The number of carbonyl (C=O) groups excluding carboxylic acids is 2. The average Bonchev–Trinajstić information content (AvgIpc) is 2.66. The Hall–Kier alpha value is -3.08. The smallest absolute Gasteiger partial charge is 0.247 e. The number of hydrogen-bond acceptors (Lipinski definition) is 3. The third kappa shape index (κ3) is 4.94. The summed E-state index contributed by atoms with van der Waals surface area (Å²) in [6.45, 7) is 1.69. The van der Waals surface area contributed by atoms with E-state index >= 15 is 0 Å². The normalized spacial score (nSPS) is 14.4. The minimum atomic E-state index is -0.153. The molecule has 1 fully saturated rings. The van der Waals surface area contributed by atoms with Crippen LogP contribution in [0.15, 0.2) is 60.7 Å². The van der Waals surface area contributed by atoms with E-state index in [1.165, 1.54) is 11.0 Å². The molecule has 25 heavy (non-hydrogen) atoms. The van der Waals surface area contributed by atoms with Crippen molar-refractivity contribution < 1.29 is 14.3 Å². The fraction of sp³-hybridized carbons (Fsp3) is 0.200. The summed E-state index contributed by atoms with van der Waals surface area (Å²) in [4.78, 5) is 24.9. The lowest BCUT2D eigenvalue weighted by molar-refractivity contribution is -0.134. The summed E-state index contributed by atoms with van der Waals surface area (Å²) in [7, 11) is 0. The Balaban J connectivity index is 1.53. The van der Waals surface area contributed by atoms with Crippen LogP contribution >= 0.6 is 0 Å². The fourth-order valence-electron chi connectivity index (χ4n) is 2.52. The first-order valence-electron chi connectivity index (χ1n) is 8.21. The second-order valence-electron chi connectivity index (χ2n) is 5.79. The highest BCUT2D eigenvalue weighted by Gasteiger charge is 2.18. The van der Waals surface area contributed by atoms with Gasteiger partial charge in [0.25, 0.3) is 0 Å². The zero-order valence-corrected chi connectivity index (χ0v) is 13.9. The number of amides is 2. The van der Waals surface area contributed by atoms with E-state index in [0.29, 0.717) is 19.7 Å². The van der Waals surface area contributed by atoms with Gasteiger partial charge in [0, 0.05) is 19.2 Å². The lowest BCUT2D eigenvalue weighted by Crippen LogP contribution is -2.49. The molecule has 1 aliphatic heterocycles. The van der Waals surface area contributed by atoms with E-state index in [4.69, 9.17) is 4.74 Å². The highest BCUT2D eigenvalue weighted by atomic mass is 16.5. The largest absolute Gasteiger partial charge is 0.489 e. The summed E-state index contributed by atoms with van der Waals surface area (Å²) >= 11 is 0. The van der Waals surface area contributed by atoms with E-state index in [-0.39, 0.29) is 18.4 Å². The van der Waals surface area contributed by atoms with E-state index in [9.17, 15) is 9.59 Å². The molecule has 0 aliphatic carbocycles. The lowest BCUT2D eigenvalue weighted by atomic mass is 10.2. The molecule has 0 aromatic heterocycles.